The van der Waals surface area contributed by atoms with E-state index < -0.39 is 0 Å². The zero-order chi connectivity index (χ0) is 20.8. The summed E-state index contributed by atoms with van der Waals surface area (Å²) >= 11 is 0. The molecule has 0 fully saturated rings. The molecule has 0 spiro atoms. The van der Waals surface area contributed by atoms with E-state index in [1.807, 2.05) is 23.1 Å². The van der Waals surface area contributed by atoms with Crippen LogP contribution in [0.15, 0.2) is 48.5 Å². The average molecular weight is 408 g/mol. The normalized spacial score (nSPS) is 13.6. The summed E-state index contributed by atoms with van der Waals surface area (Å²) in [5.41, 5.74) is 3.69. The van der Waals surface area contributed by atoms with Gasteiger partial charge < -0.3 is 20.4 Å². The van der Waals surface area contributed by atoms with E-state index in [1.54, 1.807) is 0 Å². The van der Waals surface area contributed by atoms with Gasteiger partial charge in [0.2, 0.25) is 5.95 Å². The first-order valence-corrected chi connectivity index (χ1v) is 10.5. The highest BCUT2D eigenvalue weighted by Gasteiger charge is 2.20. The highest BCUT2D eigenvalue weighted by Crippen LogP contribution is 2.29. The second kappa shape index (κ2) is 9.84. The smallest absolute Gasteiger partial charge is 0.225 e. The molecular weight excluding hydrogens is 378 g/mol. The Balaban J connectivity index is 1.54. The summed E-state index contributed by atoms with van der Waals surface area (Å²) < 4.78 is 0. The van der Waals surface area contributed by atoms with Gasteiger partial charge in [0.25, 0.3) is 0 Å². The molecule has 1 aromatic heterocycles. The molecule has 30 heavy (non-hydrogen) atoms. The highest BCUT2D eigenvalue weighted by atomic mass is 16.3. The van der Waals surface area contributed by atoms with Crippen LogP contribution in [0.1, 0.15) is 11.1 Å². The minimum absolute atomic E-state index is 0.0764. The molecule has 158 valence electrons. The molecule has 2 aromatic carbocycles. The van der Waals surface area contributed by atoms with Crippen molar-refractivity contribution in [2.24, 2.45) is 0 Å². The number of benzene rings is 2. The van der Waals surface area contributed by atoms with Crippen LogP contribution >= 0.6 is 0 Å². The summed E-state index contributed by atoms with van der Waals surface area (Å²) in [5, 5.41) is 22.7. The van der Waals surface area contributed by atoms with Gasteiger partial charge in [0.1, 0.15) is 5.82 Å². The van der Waals surface area contributed by atoms with Crippen molar-refractivity contribution in [1.82, 2.24) is 14.9 Å². The zero-order valence-electron chi connectivity index (χ0n) is 17.2. The molecule has 0 unspecified atom stereocenters. The Hall–Kier alpha value is -2.74. The van der Waals surface area contributed by atoms with Gasteiger partial charge in [0.05, 0.1) is 18.7 Å². The van der Waals surface area contributed by atoms with Gasteiger partial charge in [-0.15, -0.1) is 0 Å². The summed E-state index contributed by atoms with van der Waals surface area (Å²) in [6.07, 6.45) is 1.01. The van der Waals surface area contributed by atoms with Gasteiger partial charge in [-0.05, 0) is 29.7 Å². The Morgan fingerprint density at radius 2 is 1.63 bits per heavy atom. The van der Waals surface area contributed by atoms with E-state index in [0.29, 0.717) is 32.1 Å². The summed E-state index contributed by atoms with van der Waals surface area (Å²) in [5.74, 6) is 1.57. The van der Waals surface area contributed by atoms with Crippen molar-refractivity contribution < 1.29 is 10.2 Å². The van der Waals surface area contributed by atoms with Crippen LogP contribution in [-0.4, -0.2) is 71.0 Å². The molecule has 1 aliphatic heterocycles. The summed E-state index contributed by atoms with van der Waals surface area (Å²) in [6.45, 7) is 4.35. The third-order valence-electron chi connectivity index (χ3n) is 5.56. The number of rotatable bonds is 9. The van der Waals surface area contributed by atoms with E-state index in [-0.39, 0.29) is 13.2 Å². The molecule has 3 N–H and O–H groups in total. The highest BCUT2D eigenvalue weighted by molar-refractivity contribution is 5.90. The Kier molecular flexibility index (Phi) is 6.74. The third-order valence-corrected chi connectivity index (χ3v) is 5.56. The molecule has 0 radical (unpaired) electrons. The SMILES string of the molecule is OCCN(CCO)CCNc1nc(N2CCc3ccccc3C2)c2ccccc2n1. The molecule has 0 bridgehead atoms. The van der Waals surface area contributed by atoms with E-state index >= 15 is 0 Å². The minimum atomic E-state index is 0.0764. The number of para-hydroxylation sites is 1. The fraction of sp³-hybridized carbons (Fsp3) is 0.391. The van der Waals surface area contributed by atoms with Crippen LogP contribution in [0.4, 0.5) is 11.8 Å². The van der Waals surface area contributed by atoms with Crippen molar-refractivity contribution in [3.05, 3.63) is 59.7 Å². The van der Waals surface area contributed by atoms with Gasteiger partial charge in [0.15, 0.2) is 0 Å². The van der Waals surface area contributed by atoms with E-state index in [9.17, 15) is 10.2 Å². The number of fused-ring (bicyclic) bond motifs is 2. The van der Waals surface area contributed by atoms with Crippen LogP contribution in [-0.2, 0) is 13.0 Å². The summed E-state index contributed by atoms with van der Waals surface area (Å²) in [4.78, 5) is 13.9. The van der Waals surface area contributed by atoms with Crippen molar-refractivity contribution in [1.29, 1.82) is 0 Å². The maximum Gasteiger partial charge on any atom is 0.225 e. The Bertz CT molecular complexity index is 975. The lowest BCUT2D eigenvalue weighted by molar-refractivity contribution is 0.165. The molecule has 7 heteroatoms. The molecule has 3 aromatic rings. The second-order valence-corrected chi connectivity index (χ2v) is 7.54. The van der Waals surface area contributed by atoms with Crippen LogP contribution in [0.25, 0.3) is 10.9 Å². The molecule has 1 aliphatic rings. The van der Waals surface area contributed by atoms with Crippen molar-refractivity contribution in [3.63, 3.8) is 0 Å². The molecule has 0 saturated heterocycles. The fourth-order valence-corrected chi connectivity index (χ4v) is 4.00. The Morgan fingerprint density at radius 3 is 2.43 bits per heavy atom. The zero-order valence-corrected chi connectivity index (χ0v) is 17.2. The second-order valence-electron chi connectivity index (χ2n) is 7.54. The molecule has 0 atom stereocenters. The van der Waals surface area contributed by atoms with Crippen LogP contribution in [0, 0.1) is 0 Å². The lowest BCUT2D eigenvalue weighted by atomic mass is 10.00. The van der Waals surface area contributed by atoms with Crippen molar-refractivity contribution in [2.45, 2.75) is 13.0 Å². The van der Waals surface area contributed by atoms with Gasteiger partial charge in [0, 0.05) is 44.7 Å². The largest absolute Gasteiger partial charge is 0.395 e. The quantitative estimate of drug-likeness (QED) is 0.499. The van der Waals surface area contributed by atoms with Crippen molar-refractivity contribution >= 4 is 22.7 Å². The Morgan fingerprint density at radius 1 is 0.900 bits per heavy atom. The third kappa shape index (κ3) is 4.70. The lowest BCUT2D eigenvalue weighted by Gasteiger charge is -2.30. The molecule has 0 amide bonds. The first-order chi connectivity index (χ1) is 14.8. The van der Waals surface area contributed by atoms with Gasteiger partial charge in [-0.1, -0.05) is 36.4 Å². The van der Waals surface area contributed by atoms with Gasteiger partial charge in [-0.25, -0.2) is 4.98 Å². The van der Waals surface area contributed by atoms with Gasteiger partial charge >= 0.3 is 0 Å². The van der Waals surface area contributed by atoms with E-state index in [4.69, 9.17) is 9.97 Å². The predicted octanol–water partition coefficient (Wildman–Crippen LogP) is 1.89. The van der Waals surface area contributed by atoms with Crippen LogP contribution < -0.4 is 10.2 Å². The number of aliphatic hydroxyl groups is 2. The van der Waals surface area contributed by atoms with E-state index in [2.05, 4.69) is 40.5 Å². The van der Waals surface area contributed by atoms with E-state index in [1.165, 1.54) is 11.1 Å². The number of anilines is 2. The minimum Gasteiger partial charge on any atom is -0.395 e. The molecular formula is C23H29N5O2. The number of aliphatic hydroxyl groups excluding tert-OH is 2. The van der Waals surface area contributed by atoms with E-state index in [0.717, 1.165) is 36.2 Å². The first kappa shape index (κ1) is 20.5. The molecule has 7 nitrogen and oxygen atoms in total. The molecule has 0 aliphatic carbocycles. The predicted molar refractivity (Wildman–Crippen MR) is 120 cm³/mol. The summed E-state index contributed by atoms with van der Waals surface area (Å²) in [7, 11) is 0. The number of hydrogen-bond donors (Lipinski definition) is 3. The summed E-state index contributed by atoms with van der Waals surface area (Å²) in [6, 6.07) is 16.7. The molecule has 0 saturated carbocycles. The number of nitrogens with one attached hydrogen (secondary N) is 1. The number of aromatic nitrogens is 2. The standard InChI is InChI=1S/C23H29N5O2/c29-15-13-27(14-16-30)12-10-24-23-25-21-8-4-3-7-20(21)22(26-23)28-11-9-18-5-1-2-6-19(18)17-28/h1-8,29-30H,9-17H2,(H,24,25,26). The maximum atomic E-state index is 9.17. The van der Waals surface area contributed by atoms with Crippen molar-refractivity contribution in [3.8, 4) is 0 Å². The monoisotopic (exact) mass is 407 g/mol. The number of nitrogens with zero attached hydrogens (tertiary/aromatic N) is 4. The Labute approximate surface area is 177 Å². The van der Waals surface area contributed by atoms with Gasteiger partial charge in [-0.3, -0.25) is 4.90 Å². The topological polar surface area (TPSA) is 84.8 Å². The fourth-order valence-electron chi connectivity index (χ4n) is 4.00. The molecule has 4 rings (SSSR count). The van der Waals surface area contributed by atoms with Gasteiger partial charge in [-0.2, -0.15) is 4.98 Å². The van der Waals surface area contributed by atoms with Crippen LogP contribution in [0.5, 0.6) is 0 Å². The number of hydrogen-bond acceptors (Lipinski definition) is 7. The first-order valence-electron chi connectivity index (χ1n) is 10.5. The molecule has 2 heterocycles. The van der Waals surface area contributed by atoms with Crippen LogP contribution in [0.3, 0.4) is 0 Å². The van der Waals surface area contributed by atoms with Crippen LogP contribution in [0.2, 0.25) is 0 Å². The average Bonchev–Trinajstić information content (AvgIpc) is 2.78. The van der Waals surface area contributed by atoms with Crippen molar-refractivity contribution in [2.75, 3.05) is 56.2 Å². The maximum absolute atomic E-state index is 9.17. The lowest BCUT2D eigenvalue weighted by Crippen LogP contribution is -2.34.